The monoisotopic (exact) mass is 198 g/mol. The number of rotatable bonds is 1. The van der Waals surface area contributed by atoms with Crippen molar-refractivity contribution < 1.29 is 8.78 Å². The fraction of sp³-hybridized carbons (Fsp3) is 0.200. The van der Waals surface area contributed by atoms with Crippen LogP contribution in [0.5, 0.6) is 0 Å². The molecule has 1 aromatic carbocycles. The van der Waals surface area contributed by atoms with Crippen LogP contribution in [0.4, 0.5) is 8.78 Å². The third-order valence-corrected chi connectivity index (χ3v) is 1.64. The van der Waals surface area contributed by atoms with E-state index in [0.29, 0.717) is 12.2 Å². The fourth-order valence-corrected chi connectivity index (χ4v) is 0.926. The summed E-state index contributed by atoms with van der Waals surface area (Å²) in [5.74, 6) is 4.10. The van der Waals surface area contributed by atoms with Gasteiger partial charge in [-0.2, -0.15) is 12.6 Å². The molecule has 0 saturated carbocycles. The summed E-state index contributed by atoms with van der Waals surface area (Å²) in [6.07, 6.45) is 0.569. The van der Waals surface area contributed by atoms with Crippen LogP contribution in [-0.4, -0.2) is 5.75 Å². The zero-order chi connectivity index (χ0) is 9.68. The van der Waals surface area contributed by atoms with Gasteiger partial charge in [0.1, 0.15) is 0 Å². The zero-order valence-corrected chi connectivity index (χ0v) is 7.74. The van der Waals surface area contributed by atoms with E-state index in [4.69, 9.17) is 0 Å². The second kappa shape index (κ2) is 4.88. The molecule has 68 valence electrons. The van der Waals surface area contributed by atoms with E-state index in [1.807, 2.05) is 0 Å². The predicted octanol–water partition coefficient (Wildman–Crippen LogP) is 2.64. The molecule has 0 heterocycles. The van der Waals surface area contributed by atoms with Crippen LogP contribution in [0.25, 0.3) is 0 Å². The topological polar surface area (TPSA) is 0 Å². The molecule has 0 fully saturated rings. The third kappa shape index (κ3) is 2.74. The van der Waals surface area contributed by atoms with Crippen LogP contribution < -0.4 is 0 Å². The Labute approximate surface area is 81.4 Å². The minimum atomic E-state index is -0.880. The summed E-state index contributed by atoms with van der Waals surface area (Å²) in [7, 11) is 0. The summed E-state index contributed by atoms with van der Waals surface area (Å²) < 4.78 is 25.6. The Balaban J connectivity index is 2.91. The maximum absolute atomic E-state index is 12.9. The largest absolute Gasteiger partial charge is 0.204 e. The lowest BCUT2D eigenvalue weighted by molar-refractivity contribution is 0.506. The molecule has 0 amide bonds. The lowest BCUT2D eigenvalue weighted by atomic mass is 10.2. The standard InChI is InChI=1S/C10H8F2S/c11-9-6-3-5-8(10(9)12)4-1-2-7-13/h3,5-6,13H,2,7H2. The van der Waals surface area contributed by atoms with E-state index in [-0.39, 0.29) is 5.56 Å². The Morgan fingerprint density at radius 2 is 2.08 bits per heavy atom. The summed E-state index contributed by atoms with van der Waals surface area (Å²) in [5, 5.41) is 0. The van der Waals surface area contributed by atoms with Crippen molar-refractivity contribution in [2.24, 2.45) is 0 Å². The van der Waals surface area contributed by atoms with Crippen LogP contribution in [0.2, 0.25) is 0 Å². The van der Waals surface area contributed by atoms with Crippen LogP contribution in [0.15, 0.2) is 18.2 Å². The van der Waals surface area contributed by atoms with E-state index in [9.17, 15) is 8.78 Å². The molecule has 0 aromatic heterocycles. The van der Waals surface area contributed by atoms with Crippen molar-refractivity contribution in [1.82, 2.24) is 0 Å². The Hall–Kier alpha value is -1.01. The first-order valence-corrected chi connectivity index (χ1v) is 4.42. The van der Waals surface area contributed by atoms with Crippen molar-refractivity contribution >= 4 is 12.6 Å². The van der Waals surface area contributed by atoms with Gasteiger partial charge in [-0.25, -0.2) is 8.78 Å². The highest BCUT2D eigenvalue weighted by molar-refractivity contribution is 7.80. The fourth-order valence-electron chi connectivity index (χ4n) is 0.814. The van der Waals surface area contributed by atoms with Gasteiger partial charge in [0, 0.05) is 12.2 Å². The molecule has 0 radical (unpaired) electrons. The predicted molar refractivity (Wildman–Crippen MR) is 51.7 cm³/mol. The van der Waals surface area contributed by atoms with Crippen molar-refractivity contribution in [3.8, 4) is 11.8 Å². The number of halogens is 2. The number of hydrogen-bond acceptors (Lipinski definition) is 1. The minimum absolute atomic E-state index is 0.0989. The van der Waals surface area contributed by atoms with Gasteiger partial charge < -0.3 is 0 Å². The molecule has 0 bridgehead atoms. The van der Waals surface area contributed by atoms with E-state index >= 15 is 0 Å². The van der Waals surface area contributed by atoms with Crippen molar-refractivity contribution in [3.05, 3.63) is 35.4 Å². The van der Waals surface area contributed by atoms with Gasteiger partial charge in [-0.05, 0) is 12.1 Å². The summed E-state index contributed by atoms with van der Waals surface area (Å²) in [6, 6.07) is 3.95. The first-order chi connectivity index (χ1) is 6.25. The molecule has 1 rings (SSSR count). The molecular formula is C10H8F2S. The molecule has 0 aliphatic carbocycles. The molecule has 0 aliphatic rings. The maximum atomic E-state index is 12.9. The highest BCUT2D eigenvalue weighted by Gasteiger charge is 2.03. The summed E-state index contributed by atoms with van der Waals surface area (Å²) in [6.45, 7) is 0. The SMILES string of the molecule is Fc1cccc(C#CCCS)c1F. The number of benzene rings is 1. The smallest absolute Gasteiger partial charge is 0.174 e. The third-order valence-electron chi connectivity index (χ3n) is 1.41. The van der Waals surface area contributed by atoms with E-state index in [2.05, 4.69) is 24.5 Å². The molecule has 1 aromatic rings. The van der Waals surface area contributed by atoms with E-state index < -0.39 is 11.6 Å². The molecule has 0 atom stereocenters. The van der Waals surface area contributed by atoms with Gasteiger partial charge in [-0.3, -0.25) is 0 Å². The van der Waals surface area contributed by atoms with Gasteiger partial charge in [0.05, 0.1) is 5.56 Å². The zero-order valence-electron chi connectivity index (χ0n) is 6.85. The highest BCUT2D eigenvalue weighted by atomic mass is 32.1. The molecule has 13 heavy (non-hydrogen) atoms. The van der Waals surface area contributed by atoms with Gasteiger partial charge in [-0.15, -0.1) is 0 Å². The lowest BCUT2D eigenvalue weighted by Gasteiger charge is -1.93. The molecule has 0 aliphatic heterocycles. The molecule has 0 spiro atoms. The van der Waals surface area contributed by atoms with E-state index in [1.165, 1.54) is 12.1 Å². The average Bonchev–Trinajstić information content (AvgIpc) is 2.13. The molecule has 0 N–H and O–H groups in total. The Morgan fingerprint density at radius 3 is 2.77 bits per heavy atom. The van der Waals surface area contributed by atoms with Gasteiger partial charge in [-0.1, -0.05) is 17.9 Å². The number of thiol groups is 1. The van der Waals surface area contributed by atoms with Crippen molar-refractivity contribution in [2.45, 2.75) is 6.42 Å². The quantitative estimate of drug-likeness (QED) is 0.520. The molecule has 3 heteroatoms. The molecule has 0 unspecified atom stereocenters. The van der Waals surface area contributed by atoms with Crippen molar-refractivity contribution in [2.75, 3.05) is 5.75 Å². The summed E-state index contributed by atoms with van der Waals surface area (Å²) >= 11 is 3.94. The number of hydrogen-bond donors (Lipinski definition) is 1. The second-order valence-corrected chi connectivity index (χ2v) is 2.82. The van der Waals surface area contributed by atoms with Crippen LogP contribution in [-0.2, 0) is 0 Å². The van der Waals surface area contributed by atoms with Crippen LogP contribution >= 0.6 is 12.6 Å². The minimum Gasteiger partial charge on any atom is -0.204 e. The van der Waals surface area contributed by atoms with Crippen molar-refractivity contribution in [3.63, 3.8) is 0 Å². The van der Waals surface area contributed by atoms with Crippen molar-refractivity contribution in [1.29, 1.82) is 0 Å². The van der Waals surface area contributed by atoms with Gasteiger partial charge in [0.2, 0.25) is 0 Å². The average molecular weight is 198 g/mol. The van der Waals surface area contributed by atoms with Gasteiger partial charge in [0.25, 0.3) is 0 Å². The Kier molecular flexibility index (Phi) is 3.78. The normalized spacial score (nSPS) is 9.15. The second-order valence-electron chi connectivity index (χ2n) is 2.38. The maximum Gasteiger partial charge on any atom is 0.174 e. The summed E-state index contributed by atoms with van der Waals surface area (Å²) in [5.41, 5.74) is 0.0989. The first-order valence-electron chi connectivity index (χ1n) is 3.79. The van der Waals surface area contributed by atoms with Gasteiger partial charge in [0.15, 0.2) is 11.6 Å². The first kappa shape index (κ1) is 10.1. The Morgan fingerprint density at radius 1 is 1.31 bits per heavy atom. The molecule has 0 saturated heterocycles. The Bertz CT molecular complexity index is 350. The van der Waals surface area contributed by atoms with E-state index in [1.54, 1.807) is 0 Å². The molecule has 0 nitrogen and oxygen atoms in total. The van der Waals surface area contributed by atoms with Crippen LogP contribution in [0.1, 0.15) is 12.0 Å². The molecular weight excluding hydrogens is 190 g/mol. The van der Waals surface area contributed by atoms with Gasteiger partial charge >= 0.3 is 0 Å². The van der Waals surface area contributed by atoms with E-state index in [0.717, 1.165) is 6.07 Å². The van der Waals surface area contributed by atoms with Crippen LogP contribution in [0.3, 0.4) is 0 Å². The van der Waals surface area contributed by atoms with Crippen LogP contribution in [0, 0.1) is 23.5 Å². The highest BCUT2D eigenvalue weighted by Crippen LogP contribution is 2.09. The lowest BCUT2D eigenvalue weighted by Crippen LogP contribution is -1.88. The summed E-state index contributed by atoms with van der Waals surface area (Å²) in [4.78, 5) is 0.